The number of nitrogens with one attached hydrogen (secondary N) is 2. The molecule has 0 aliphatic carbocycles. The van der Waals surface area contributed by atoms with Gasteiger partial charge in [0.15, 0.2) is 6.04 Å². The fraction of sp³-hybridized carbons (Fsp3) is 0.350. The number of carbonyl (C=O) groups is 1. The molecule has 0 spiro atoms. The van der Waals surface area contributed by atoms with Gasteiger partial charge in [0.05, 0.1) is 24.1 Å². The van der Waals surface area contributed by atoms with E-state index in [9.17, 15) is 23.2 Å². The number of fused-ring (bicyclic) bond motifs is 1. The lowest BCUT2D eigenvalue weighted by Crippen LogP contribution is -2.36. The van der Waals surface area contributed by atoms with Crippen LogP contribution in [0.3, 0.4) is 0 Å². The molecule has 0 fully saturated rings. The summed E-state index contributed by atoms with van der Waals surface area (Å²) in [4.78, 5) is 13.9. The topological polar surface area (TPSA) is 95.9 Å². The first-order chi connectivity index (χ1) is 14.7. The van der Waals surface area contributed by atoms with E-state index < -0.39 is 24.2 Å². The van der Waals surface area contributed by atoms with Crippen LogP contribution in [0.25, 0.3) is 0 Å². The second kappa shape index (κ2) is 7.77. The van der Waals surface area contributed by atoms with Gasteiger partial charge in [0, 0.05) is 11.3 Å². The third-order valence-electron chi connectivity index (χ3n) is 5.27. The van der Waals surface area contributed by atoms with Gasteiger partial charge in [0.25, 0.3) is 5.91 Å². The summed E-state index contributed by atoms with van der Waals surface area (Å²) in [6.07, 6.45) is -1.77. The van der Waals surface area contributed by atoms with E-state index in [2.05, 4.69) is 21.8 Å². The first-order valence-corrected chi connectivity index (χ1v) is 10.3. The number of aryl methyl sites for hydroxylation is 1. The van der Waals surface area contributed by atoms with E-state index in [1.807, 2.05) is 13.8 Å². The Kier molecular flexibility index (Phi) is 5.26. The summed E-state index contributed by atoms with van der Waals surface area (Å²) >= 11 is 1.26. The van der Waals surface area contributed by atoms with Crippen LogP contribution in [0.4, 0.5) is 24.0 Å². The predicted molar refractivity (Wildman–Crippen MR) is 108 cm³/mol. The van der Waals surface area contributed by atoms with Crippen molar-refractivity contribution in [2.24, 2.45) is 0 Å². The van der Waals surface area contributed by atoms with Gasteiger partial charge < -0.3 is 15.1 Å². The predicted octanol–water partition coefficient (Wildman–Crippen LogP) is 5.19. The highest BCUT2D eigenvalue weighted by molar-refractivity contribution is 7.16. The Morgan fingerprint density at radius 3 is 2.90 bits per heavy atom. The molecule has 11 heteroatoms. The van der Waals surface area contributed by atoms with Crippen molar-refractivity contribution in [1.82, 2.24) is 9.78 Å². The molecular formula is C20H18F3N5O2S. The van der Waals surface area contributed by atoms with E-state index in [0.717, 1.165) is 21.3 Å². The smallest absolute Gasteiger partial charge is 0.410 e. The minimum absolute atomic E-state index is 0.0431. The standard InChI is InChI=1S/C20H18F3N5O2S/c1-3-11-10(2)31-19(12(11)8-24)27-18(29)13-9-25-28-16(20(21,22)23)7-14(26-17(13)28)15-5-4-6-30-15/h4-6,9,14,16,26H,3,7H2,1-2H3,(H,27,29)/t14-,16-/m1/s1. The second-order valence-corrected chi connectivity index (χ2v) is 8.34. The number of anilines is 2. The maximum Gasteiger partial charge on any atom is 0.410 e. The number of nitrogens with zero attached hydrogens (tertiary/aromatic N) is 3. The van der Waals surface area contributed by atoms with Gasteiger partial charge in [-0.2, -0.15) is 23.5 Å². The lowest BCUT2D eigenvalue weighted by molar-refractivity contribution is -0.174. The molecule has 1 amide bonds. The fourth-order valence-electron chi connectivity index (χ4n) is 3.79. The first kappa shape index (κ1) is 21.0. The summed E-state index contributed by atoms with van der Waals surface area (Å²) in [5, 5.41) is 19.3. The third-order valence-corrected chi connectivity index (χ3v) is 6.33. The summed E-state index contributed by atoms with van der Waals surface area (Å²) in [7, 11) is 0. The molecular weight excluding hydrogens is 431 g/mol. The van der Waals surface area contributed by atoms with Crippen LogP contribution in [0.15, 0.2) is 29.0 Å². The lowest BCUT2D eigenvalue weighted by atomic mass is 10.0. The van der Waals surface area contributed by atoms with Gasteiger partial charge in [-0.3, -0.25) is 4.79 Å². The minimum atomic E-state index is -4.56. The van der Waals surface area contributed by atoms with E-state index in [1.165, 1.54) is 17.6 Å². The van der Waals surface area contributed by atoms with Crippen molar-refractivity contribution in [3.05, 3.63) is 51.9 Å². The third kappa shape index (κ3) is 3.67. The van der Waals surface area contributed by atoms with E-state index in [4.69, 9.17) is 4.42 Å². The van der Waals surface area contributed by atoms with Gasteiger partial charge in [-0.1, -0.05) is 6.92 Å². The number of rotatable bonds is 4. The highest BCUT2D eigenvalue weighted by atomic mass is 32.1. The van der Waals surface area contributed by atoms with Crippen molar-refractivity contribution >= 4 is 28.1 Å². The van der Waals surface area contributed by atoms with Crippen molar-refractivity contribution < 1.29 is 22.4 Å². The molecule has 31 heavy (non-hydrogen) atoms. The largest absolute Gasteiger partial charge is 0.467 e. The SMILES string of the molecule is CCc1c(C)sc(NC(=O)c2cnn3c2N[C@@H](c2ccco2)C[C@@H]3C(F)(F)F)c1C#N. The number of amides is 1. The van der Waals surface area contributed by atoms with Crippen molar-refractivity contribution in [2.45, 2.75) is 44.9 Å². The quantitative estimate of drug-likeness (QED) is 0.571. The van der Waals surface area contributed by atoms with Crippen LogP contribution in [0.5, 0.6) is 0 Å². The molecule has 1 aliphatic heterocycles. The molecule has 1 aliphatic rings. The second-order valence-electron chi connectivity index (χ2n) is 7.12. The molecule has 0 bridgehead atoms. The molecule has 0 saturated carbocycles. The number of aromatic nitrogens is 2. The van der Waals surface area contributed by atoms with Crippen LogP contribution in [-0.2, 0) is 6.42 Å². The number of nitriles is 1. The Labute approximate surface area is 179 Å². The number of alkyl halides is 3. The highest BCUT2D eigenvalue weighted by Crippen LogP contribution is 2.44. The Bertz CT molecular complexity index is 1160. The number of thiophene rings is 1. The molecule has 0 unspecified atom stereocenters. The normalized spacial score (nSPS) is 18.2. The number of carbonyl (C=O) groups excluding carboxylic acids is 1. The monoisotopic (exact) mass is 449 g/mol. The number of hydrogen-bond donors (Lipinski definition) is 2. The van der Waals surface area contributed by atoms with Crippen LogP contribution >= 0.6 is 11.3 Å². The average Bonchev–Trinajstić information content (AvgIpc) is 3.44. The number of hydrogen-bond acceptors (Lipinski definition) is 6. The van der Waals surface area contributed by atoms with E-state index >= 15 is 0 Å². The Hall–Kier alpha value is -3.26. The van der Waals surface area contributed by atoms with E-state index in [0.29, 0.717) is 22.7 Å². The Morgan fingerprint density at radius 2 is 2.29 bits per heavy atom. The van der Waals surface area contributed by atoms with E-state index in [-0.39, 0.29) is 17.8 Å². The van der Waals surface area contributed by atoms with Crippen molar-refractivity contribution in [2.75, 3.05) is 10.6 Å². The van der Waals surface area contributed by atoms with Crippen LogP contribution in [-0.4, -0.2) is 21.9 Å². The molecule has 7 nitrogen and oxygen atoms in total. The summed E-state index contributed by atoms with van der Waals surface area (Å²) in [5.74, 6) is -0.355. The number of halogens is 3. The zero-order valence-corrected chi connectivity index (χ0v) is 17.4. The zero-order chi connectivity index (χ0) is 22.3. The van der Waals surface area contributed by atoms with Gasteiger partial charge in [-0.15, -0.1) is 11.3 Å². The summed E-state index contributed by atoms with van der Waals surface area (Å²) in [5.41, 5.74) is 1.17. The molecule has 4 heterocycles. The van der Waals surface area contributed by atoms with Gasteiger partial charge in [0.2, 0.25) is 0 Å². The van der Waals surface area contributed by atoms with E-state index in [1.54, 1.807) is 12.1 Å². The highest BCUT2D eigenvalue weighted by Gasteiger charge is 2.47. The summed E-state index contributed by atoms with van der Waals surface area (Å²) in [6.45, 7) is 3.76. The maximum absolute atomic E-state index is 13.7. The summed E-state index contributed by atoms with van der Waals surface area (Å²) in [6, 6.07) is 2.58. The molecule has 0 radical (unpaired) electrons. The van der Waals surface area contributed by atoms with Crippen LogP contribution in [0.2, 0.25) is 0 Å². The molecule has 4 rings (SSSR count). The van der Waals surface area contributed by atoms with Crippen molar-refractivity contribution in [3.63, 3.8) is 0 Å². The molecule has 2 atom stereocenters. The first-order valence-electron chi connectivity index (χ1n) is 9.52. The molecule has 0 saturated heterocycles. The molecule has 0 aromatic carbocycles. The summed E-state index contributed by atoms with van der Waals surface area (Å²) < 4.78 is 47.2. The van der Waals surface area contributed by atoms with Crippen molar-refractivity contribution in [3.8, 4) is 6.07 Å². The Morgan fingerprint density at radius 1 is 1.52 bits per heavy atom. The van der Waals surface area contributed by atoms with Gasteiger partial charge in [0.1, 0.15) is 28.2 Å². The fourth-order valence-corrected chi connectivity index (χ4v) is 4.88. The molecule has 162 valence electrons. The van der Waals surface area contributed by atoms with Crippen molar-refractivity contribution in [1.29, 1.82) is 5.26 Å². The maximum atomic E-state index is 13.7. The van der Waals surface area contributed by atoms with Gasteiger partial charge >= 0.3 is 6.18 Å². The van der Waals surface area contributed by atoms with Crippen LogP contribution in [0.1, 0.15) is 57.6 Å². The zero-order valence-electron chi connectivity index (χ0n) is 16.6. The molecule has 3 aromatic heterocycles. The number of furan rings is 1. The lowest BCUT2D eigenvalue weighted by Gasteiger charge is -2.32. The molecule has 3 aromatic rings. The minimum Gasteiger partial charge on any atom is -0.467 e. The van der Waals surface area contributed by atoms with Crippen LogP contribution in [0, 0.1) is 18.3 Å². The van der Waals surface area contributed by atoms with Crippen LogP contribution < -0.4 is 10.6 Å². The molecule has 2 N–H and O–H groups in total. The average molecular weight is 449 g/mol. The Balaban J connectivity index is 1.70. The van der Waals surface area contributed by atoms with Gasteiger partial charge in [-0.05, 0) is 31.0 Å². The van der Waals surface area contributed by atoms with Gasteiger partial charge in [-0.25, -0.2) is 4.68 Å².